The maximum atomic E-state index is 11.7. The van der Waals surface area contributed by atoms with Gasteiger partial charge in [0.1, 0.15) is 12.1 Å². The van der Waals surface area contributed by atoms with Crippen LogP contribution in [0.2, 0.25) is 0 Å². The van der Waals surface area contributed by atoms with Crippen LogP contribution in [0.5, 0.6) is 0 Å². The zero-order chi connectivity index (χ0) is 10.1. The Hall–Kier alpha value is -0.660. The molecule has 1 rings (SSSR count). The van der Waals surface area contributed by atoms with Gasteiger partial charge in [0, 0.05) is 17.8 Å². The van der Waals surface area contributed by atoms with Crippen molar-refractivity contribution < 1.29 is 9.59 Å². The van der Waals surface area contributed by atoms with Crippen LogP contribution in [0.3, 0.4) is 0 Å². The molecular formula is C11H18O2. The summed E-state index contributed by atoms with van der Waals surface area (Å²) < 4.78 is 0. The molecule has 0 amide bonds. The molecule has 2 atom stereocenters. The third-order valence-corrected chi connectivity index (χ3v) is 3.09. The SMILES string of the molecule is CC1CCC(C(C)(C)C=O)C(=O)C1. The van der Waals surface area contributed by atoms with Gasteiger partial charge in [-0.3, -0.25) is 4.79 Å². The van der Waals surface area contributed by atoms with Crippen LogP contribution in [0.25, 0.3) is 0 Å². The monoisotopic (exact) mass is 182 g/mol. The maximum Gasteiger partial charge on any atom is 0.137 e. The van der Waals surface area contributed by atoms with E-state index < -0.39 is 5.41 Å². The number of aldehydes is 1. The second kappa shape index (κ2) is 3.60. The zero-order valence-electron chi connectivity index (χ0n) is 8.67. The molecule has 0 saturated heterocycles. The molecule has 0 aromatic rings. The van der Waals surface area contributed by atoms with Crippen molar-refractivity contribution in [2.24, 2.45) is 17.3 Å². The summed E-state index contributed by atoms with van der Waals surface area (Å²) in [6.07, 6.45) is 3.53. The predicted molar refractivity (Wildman–Crippen MR) is 51.4 cm³/mol. The van der Waals surface area contributed by atoms with Crippen LogP contribution < -0.4 is 0 Å². The molecule has 0 spiro atoms. The normalized spacial score (nSPS) is 30.2. The first kappa shape index (κ1) is 10.4. The first-order valence-electron chi connectivity index (χ1n) is 4.96. The maximum absolute atomic E-state index is 11.7. The minimum atomic E-state index is -0.461. The molecule has 0 aromatic heterocycles. The van der Waals surface area contributed by atoms with Crippen LogP contribution in [0.1, 0.15) is 40.0 Å². The lowest BCUT2D eigenvalue weighted by atomic mass is 9.69. The molecule has 1 saturated carbocycles. The van der Waals surface area contributed by atoms with Crippen LogP contribution in [-0.2, 0) is 9.59 Å². The van der Waals surface area contributed by atoms with Gasteiger partial charge < -0.3 is 4.79 Å². The van der Waals surface area contributed by atoms with Gasteiger partial charge in [0.25, 0.3) is 0 Å². The Morgan fingerprint density at radius 1 is 1.38 bits per heavy atom. The lowest BCUT2D eigenvalue weighted by Crippen LogP contribution is -2.36. The Balaban J connectivity index is 2.71. The Morgan fingerprint density at radius 3 is 2.46 bits per heavy atom. The molecule has 0 aromatic carbocycles. The van der Waals surface area contributed by atoms with Crippen LogP contribution >= 0.6 is 0 Å². The second-order valence-corrected chi connectivity index (χ2v) is 4.84. The minimum Gasteiger partial charge on any atom is -0.303 e. The predicted octanol–water partition coefficient (Wildman–Crippen LogP) is 2.22. The lowest BCUT2D eigenvalue weighted by Gasteiger charge is -2.33. The van der Waals surface area contributed by atoms with E-state index in [1.807, 2.05) is 13.8 Å². The first-order valence-corrected chi connectivity index (χ1v) is 4.96. The number of Topliss-reactive ketones (excluding diaryl/α,β-unsaturated/α-hetero) is 1. The van der Waals surface area contributed by atoms with Gasteiger partial charge in [-0.15, -0.1) is 0 Å². The molecule has 0 heterocycles. The van der Waals surface area contributed by atoms with Crippen molar-refractivity contribution >= 4 is 12.1 Å². The van der Waals surface area contributed by atoms with Gasteiger partial charge in [0.2, 0.25) is 0 Å². The van der Waals surface area contributed by atoms with E-state index in [1.165, 1.54) is 0 Å². The summed E-state index contributed by atoms with van der Waals surface area (Å²) in [4.78, 5) is 22.5. The average Bonchev–Trinajstić information content (AvgIpc) is 2.03. The van der Waals surface area contributed by atoms with E-state index in [2.05, 4.69) is 6.92 Å². The van der Waals surface area contributed by atoms with Crippen LogP contribution in [0.4, 0.5) is 0 Å². The van der Waals surface area contributed by atoms with Gasteiger partial charge in [-0.05, 0) is 18.8 Å². The molecule has 74 valence electrons. The molecule has 2 nitrogen and oxygen atoms in total. The zero-order valence-corrected chi connectivity index (χ0v) is 8.67. The second-order valence-electron chi connectivity index (χ2n) is 4.84. The summed E-state index contributed by atoms with van der Waals surface area (Å²) in [6.45, 7) is 5.82. The molecule has 1 aliphatic rings. The van der Waals surface area contributed by atoms with E-state index in [9.17, 15) is 9.59 Å². The average molecular weight is 182 g/mol. The highest BCUT2D eigenvalue weighted by Crippen LogP contribution is 2.36. The number of carbonyl (C=O) groups excluding carboxylic acids is 2. The van der Waals surface area contributed by atoms with E-state index in [0.29, 0.717) is 12.3 Å². The molecule has 13 heavy (non-hydrogen) atoms. The molecule has 0 radical (unpaired) electrons. The Morgan fingerprint density at radius 2 is 2.00 bits per heavy atom. The molecule has 1 fully saturated rings. The van der Waals surface area contributed by atoms with E-state index in [4.69, 9.17) is 0 Å². The summed E-state index contributed by atoms with van der Waals surface area (Å²) in [7, 11) is 0. The Labute approximate surface area is 79.7 Å². The van der Waals surface area contributed by atoms with Crippen molar-refractivity contribution in [3.63, 3.8) is 0 Å². The molecule has 2 heteroatoms. The fourth-order valence-corrected chi connectivity index (χ4v) is 2.07. The van der Waals surface area contributed by atoms with Gasteiger partial charge >= 0.3 is 0 Å². The Bertz CT molecular complexity index is 218. The molecule has 0 aliphatic heterocycles. The van der Waals surface area contributed by atoms with Crippen molar-refractivity contribution in [1.82, 2.24) is 0 Å². The molecular weight excluding hydrogens is 164 g/mol. The number of ketones is 1. The third kappa shape index (κ3) is 2.17. The quantitative estimate of drug-likeness (QED) is 0.614. The topological polar surface area (TPSA) is 34.1 Å². The largest absolute Gasteiger partial charge is 0.303 e. The minimum absolute atomic E-state index is 0.0406. The summed E-state index contributed by atoms with van der Waals surface area (Å²) >= 11 is 0. The van der Waals surface area contributed by atoms with E-state index >= 15 is 0 Å². The first-order chi connectivity index (χ1) is 5.97. The fraction of sp³-hybridized carbons (Fsp3) is 0.818. The summed E-state index contributed by atoms with van der Waals surface area (Å²) in [6, 6.07) is 0. The standard InChI is InChI=1S/C11H18O2/c1-8-4-5-9(10(13)6-8)11(2,3)7-12/h7-9H,4-6H2,1-3H3. The van der Waals surface area contributed by atoms with Crippen molar-refractivity contribution in [2.75, 3.05) is 0 Å². The number of hydrogen-bond donors (Lipinski definition) is 0. The van der Waals surface area contributed by atoms with E-state index in [1.54, 1.807) is 0 Å². The fourth-order valence-electron chi connectivity index (χ4n) is 2.07. The van der Waals surface area contributed by atoms with Gasteiger partial charge in [-0.1, -0.05) is 20.8 Å². The lowest BCUT2D eigenvalue weighted by molar-refractivity contribution is -0.134. The highest BCUT2D eigenvalue weighted by atomic mass is 16.1. The Kier molecular flexibility index (Phi) is 2.89. The highest BCUT2D eigenvalue weighted by Gasteiger charge is 2.37. The summed E-state index contributed by atoms with van der Waals surface area (Å²) in [5.74, 6) is 0.739. The van der Waals surface area contributed by atoms with Crippen LogP contribution in [-0.4, -0.2) is 12.1 Å². The van der Waals surface area contributed by atoms with Gasteiger partial charge in [0.15, 0.2) is 0 Å². The van der Waals surface area contributed by atoms with Crippen molar-refractivity contribution in [1.29, 1.82) is 0 Å². The van der Waals surface area contributed by atoms with Gasteiger partial charge in [0.05, 0.1) is 0 Å². The summed E-state index contributed by atoms with van der Waals surface area (Å²) in [5.41, 5.74) is -0.461. The van der Waals surface area contributed by atoms with Crippen molar-refractivity contribution in [3.05, 3.63) is 0 Å². The molecule has 2 unspecified atom stereocenters. The van der Waals surface area contributed by atoms with Crippen LogP contribution in [0, 0.1) is 17.3 Å². The number of rotatable bonds is 2. The highest BCUT2D eigenvalue weighted by molar-refractivity contribution is 5.85. The number of carbonyl (C=O) groups is 2. The van der Waals surface area contributed by atoms with Crippen molar-refractivity contribution in [3.8, 4) is 0 Å². The van der Waals surface area contributed by atoms with Gasteiger partial charge in [-0.2, -0.15) is 0 Å². The van der Waals surface area contributed by atoms with E-state index in [-0.39, 0.29) is 11.7 Å². The van der Waals surface area contributed by atoms with E-state index in [0.717, 1.165) is 19.1 Å². The molecule has 0 N–H and O–H groups in total. The van der Waals surface area contributed by atoms with Crippen molar-refractivity contribution in [2.45, 2.75) is 40.0 Å². The molecule has 1 aliphatic carbocycles. The smallest absolute Gasteiger partial charge is 0.137 e. The summed E-state index contributed by atoms with van der Waals surface area (Å²) in [5, 5.41) is 0. The molecule has 0 bridgehead atoms. The van der Waals surface area contributed by atoms with Crippen LogP contribution in [0.15, 0.2) is 0 Å². The third-order valence-electron chi connectivity index (χ3n) is 3.09. The number of hydrogen-bond acceptors (Lipinski definition) is 2. The van der Waals surface area contributed by atoms with Gasteiger partial charge in [-0.25, -0.2) is 0 Å².